The van der Waals surface area contributed by atoms with Gasteiger partial charge in [-0.05, 0) is 30.4 Å². The molecule has 1 aliphatic heterocycles. The summed E-state index contributed by atoms with van der Waals surface area (Å²) in [7, 11) is 0. The Morgan fingerprint density at radius 1 is 1.41 bits per heavy atom. The molecule has 2 unspecified atom stereocenters. The highest BCUT2D eigenvalue weighted by Crippen LogP contribution is 2.22. The second-order valence-corrected chi connectivity index (χ2v) is 5.13. The average Bonchev–Trinajstić information content (AvgIpc) is 2.26. The Labute approximate surface area is 102 Å². The standard InChI is InChI=1S/C13H19N3O/c1-9-5-10(2)8-16(7-9)13(17)12-6-11(14)3-4-15-12/h3-4,6,9-10H,5,7-8H2,1-2H3,(H2,14,15). The lowest BCUT2D eigenvalue weighted by molar-refractivity contribution is 0.0617. The fraction of sp³-hybridized carbons (Fsp3) is 0.538. The summed E-state index contributed by atoms with van der Waals surface area (Å²) in [5, 5.41) is 0. The number of carbonyl (C=O) groups is 1. The fourth-order valence-corrected chi connectivity index (χ4v) is 2.55. The van der Waals surface area contributed by atoms with E-state index >= 15 is 0 Å². The van der Waals surface area contributed by atoms with E-state index in [1.54, 1.807) is 18.3 Å². The third-order valence-corrected chi connectivity index (χ3v) is 3.16. The highest BCUT2D eigenvalue weighted by atomic mass is 16.2. The lowest BCUT2D eigenvalue weighted by atomic mass is 9.92. The van der Waals surface area contributed by atoms with Gasteiger partial charge in [0.1, 0.15) is 5.69 Å². The number of aromatic nitrogens is 1. The normalized spacial score (nSPS) is 24.7. The minimum Gasteiger partial charge on any atom is -0.399 e. The first kappa shape index (κ1) is 11.9. The van der Waals surface area contributed by atoms with Crippen molar-refractivity contribution in [3.63, 3.8) is 0 Å². The molecule has 92 valence electrons. The fourth-order valence-electron chi connectivity index (χ4n) is 2.55. The molecule has 2 atom stereocenters. The van der Waals surface area contributed by atoms with Crippen molar-refractivity contribution in [1.29, 1.82) is 0 Å². The van der Waals surface area contributed by atoms with Crippen LogP contribution in [0.25, 0.3) is 0 Å². The van der Waals surface area contributed by atoms with Gasteiger partial charge in [-0.15, -0.1) is 0 Å². The van der Waals surface area contributed by atoms with Crippen LogP contribution >= 0.6 is 0 Å². The maximum atomic E-state index is 12.3. The number of hydrogen-bond donors (Lipinski definition) is 1. The van der Waals surface area contributed by atoms with Gasteiger partial charge in [-0.1, -0.05) is 13.8 Å². The maximum Gasteiger partial charge on any atom is 0.272 e. The topological polar surface area (TPSA) is 59.2 Å². The molecule has 0 aliphatic carbocycles. The predicted molar refractivity (Wildman–Crippen MR) is 67.5 cm³/mol. The van der Waals surface area contributed by atoms with Gasteiger partial charge in [-0.25, -0.2) is 0 Å². The number of likely N-dealkylation sites (tertiary alicyclic amines) is 1. The molecule has 4 heteroatoms. The van der Waals surface area contributed by atoms with Crippen molar-refractivity contribution >= 4 is 11.6 Å². The molecule has 1 aromatic rings. The smallest absolute Gasteiger partial charge is 0.272 e. The summed E-state index contributed by atoms with van der Waals surface area (Å²) in [5.74, 6) is 1.11. The van der Waals surface area contributed by atoms with Gasteiger partial charge in [-0.3, -0.25) is 9.78 Å². The third-order valence-electron chi connectivity index (χ3n) is 3.16. The molecule has 0 aromatic carbocycles. The van der Waals surface area contributed by atoms with Gasteiger partial charge in [-0.2, -0.15) is 0 Å². The van der Waals surface area contributed by atoms with Crippen LogP contribution in [0.2, 0.25) is 0 Å². The predicted octanol–water partition coefficient (Wildman–Crippen LogP) is 1.78. The monoisotopic (exact) mass is 233 g/mol. The molecule has 4 nitrogen and oxygen atoms in total. The third kappa shape index (κ3) is 2.75. The van der Waals surface area contributed by atoms with Crippen molar-refractivity contribution in [2.45, 2.75) is 20.3 Å². The minimum atomic E-state index is -0.00398. The molecule has 2 N–H and O–H groups in total. The van der Waals surface area contributed by atoms with Gasteiger partial charge < -0.3 is 10.6 Å². The van der Waals surface area contributed by atoms with Crippen LogP contribution in [0, 0.1) is 11.8 Å². The van der Waals surface area contributed by atoms with Crippen LogP contribution < -0.4 is 5.73 Å². The number of rotatable bonds is 1. The van der Waals surface area contributed by atoms with Gasteiger partial charge in [0.2, 0.25) is 0 Å². The second kappa shape index (κ2) is 4.73. The second-order valence-electron chi connectivity index (χ2n) is 5.13. The molecular formula is C13H19N3O. The molecule has 1 aromatic heterocycles. The van der Waals surface area contributed by atoms with E-state index in [4.69, 9.17) is 5.73 Å². The summed E-state index contributed by atoms with van der Waals surface area (Å²) in [6.45, 7) is 6.00. The first-order valence-electron chi connectivity index (χ1n) is 6.07. The largest absolute Gasteiger partial charge is 0.399 e. The highest BCUT2D eigenvalue weighted by Gasteiger charge is 2.26. The average molecular weight is 233 g/mol. The SMILES string of the molecule is CC1CC(C)CN(C(=O)c2cc(N)ccn2)C1. The number of amides is 1. The van der Waals surface area contributed by atoms with Gasteiger partial charge in [0.15, 0.2) is 0 Å². The number of nitrogens with zero attached hydrogens (tertiary/aromatic N) is 2. The summed E-state index contributed by atoms with van der Waals surface area (Å²) in [4.78, 5) is 18.2. The number of nitrogens with two attached hydrogens (primary N) is 1. The summed E-state index contributed by atoms with van der Waals surface area (Å²) in [6.07, 6.45) is 2.77. The number of anilines is 1. The zero-order chi connectivity index (χ0) is 12.4. The Kier molecular flexibility index (Phi) is 3.31. The first-order chi connectivity index (χ1) is 8.06. The molecule has 0 bridgehead atoms. The molecule has 1 fully saturated rings. The molecule has 2 rings (SSSR count). The van der Waals surface area contributed by atoms with E-state index in [0.717, 1.165) is 13.1 Å². The lowest BCUT2D eigenvalue weighted by Crippen LogP contribution is -2.42. The Morgan fingerprint density at radius 3 is 2.65 bits per heavy atom. The zero-order valence-corrected chi connectivity index (χ0v) is 10.4. The molecule has 1 saturated heterocycles. The summed E-state index contributed by atoms with van der Waals surface area (Å²) < 4.78 is 0. The Balaban J connectivity index is 2.14. The van der Waals surface area contributed by atoms with Crippen molar-refractivity contribution in [1.82, 2.24) is 9.88 Å². The van der Waals surface area contributed by atoms with Crippen LogP contribution in [0.5, 0.6) is 0 Å². The Morgan fingerprint density at radius 2 is 2.06 bits per heavy atom. The van der Waals surface area contributed by atoms with E-state index in [1.165, 1.54) is 6.42 Å². The highest BCUT2D eigenvalue weighted by molar-refractivity contribution is 5.93. The van der Waals surface area contributed by atoms with Gasteiger partial charge in [0.05, 0.1) is 0 Å². The van der Waals surface area contributed by atoms with Gasteiger partial charge in [0, 0.05) is 25.0 Å². The van der Waals surface area contributed by atoms with Crippen molar-refractivity contribution in [2.24, 2.45) is 11.8 Å². The molecular weight excluding hydrogens is 214 g/mol. The molecule has 17 heavy (non-hydrogen) atoms. The molecule has 0 saturated carbocycles. The van der Waals surface area contributed by atoms with Gasteiger partial charge in [0.25, 0.3) is 5.91 Å². The molecule has 0 spiro atoms. The van der Waals surface area contributed by atoms with Crippen molar-refractivity contribution in [2.75, 3.05) is 18.8 Å². The molecule has 0 radical (unpaired) electrons. The lowest BCUT2D eigenvalue weighted by Gasteiger charge is -2.34. The number of nitrogen functional groups attached to an aromatic ring is 1. The minimum absolute atomic E-state index is 0.00398. The first-order valence-corrected chi connectivity index (χ1v) is 6.07. The summed E-state index contributed by atoms with van der Waals surface area (Å²) >= 11 is 0. The van der Waals surface area contributed by atoms with Crippen LogP contribution in [-0.2, 0) is 0 Å². The van der Waals surface area contributed by atoms with Crippen molar-refractivity contribution in [3.05, 3.63) is 24.0 Å². The van der Waals surface area contributed by atoms with E-state index in [2.05, 4.69) is 18.8 Å². The Hall–Kier alpha value is -1.58. The van der Waals surface area contributed by atoms with Crippen LogP contribution in [-0.4, -0.2) is 28.9 Å². The van der Waals surface area contributed by atoms with Gasteiger partial charge >= 0.3 is 0 Å². The van der Waals surface area contributed by atoms with Crippen molar-refractivity contribution < 1.29 is 4.79 Å². The summed E-state index contributed by atoms with van der Waals surface area (Å²) in [5.41, 5.74) is 6.70. The number of piperidine rings is 1. The molecule has 1 amide bonds. The Bertz CT molecular complexity index is 409. The number of pyridine rings is 1. The van der Waals surface area contributed by atoms with Crippen LogP contribution in [0.3, 0.4) is 0 Å². The molecule has 2 heterocycles. The quantitative estimate of drug-likeness (QED) is 0.804. The van der Waals surface area contributed by atoms with E-state index < -0.39 is 0 Å². The van der Waals surface area contributed by atoms with E-state index in [0.29, 0.717) is 23.2 Å². The van der Waals surface area contributed by atoms with Crippen LogP contribution in [0.1, 0.15) is 30.8 Å². The number of hydrogen-bond acceptors (Lipinski definition) is 3. The summed E-state index contributed by atoms with van der Waals surface area (Å²) in [6, 6.07) is 3.34. The van der Waals surface area contributed by atoms with Crippen LogP contribution in [0.4, 0.5) is 5.69 Å². The molecule has 1 aliphatic rings. The van der Waals surface area contributed by atoms with Crippen LogP contribution in [0.15, 0.2) is 18.3 Å². The van der Waals surface area contributed by atoms with Crippen molar-refractivity contribution in [3.8, 4) is 0 Å². The maximum absolute atomic E-state index is 12.3. The zero-order valence-electron chi connectivity index (χ0n) is 10.4. The number of carbonyl (C=O) groups excluding carboxylic acids is 1. The van der Waals surface area contributed by atoms with E-state index in [1.807, 2.05) is 4.90 Å². The van der Waals surface area contributed by atoms with E-state index in [9.17, 15) is 4.79 Å². The van der Waals surface area contributed by atoms with E-state index in [-0.39, 0.29) is 5.91 Å².